The predicted molar refractivity (Wildman–Crippen MR) is 67.4 cm³/mol. The van der Waals surface area contributed by atoms with Gasteiger partial charge in [-0.3, -0.25) is 0 Å². The van der Waals surface area contributed by atoms with Crippen LogP contribution in [0.5, 0.6) is 0 Å². The van der Waals surface area contributed by atoms with E-state index in [2.05, 4.69) is 58.1 Å². The molecule has 0 atom stereocenters. The van der Waals surface area contributed by atoms with Gasteiger partial charge < -0.3 is 5.32 Å². The molecule has 1 N–H and O–H groups in total. The highest BCUT2D eigenvalue weighted by Gasteiger charge is 2.08. The first-order chi connectivity index (χ1) is 6.90. The zero-order valence-electron chi connectivity index (χ0n) is 10.6. The summed E-state index contributed by atoms with van der Waals surface area (Å²) in [5.74, 6) is 0. The summed E-state index contributed by atoms with van der Waals surface area (Å²) >= 11 is 0. The molecule has 0 saturated heterocycles. The molecule has 0 aliphatic carbocycles. The molecule has 0 spiro atoms. The second kappa shape index (κ2) is 4.80. The summed E-state index contributed by atoms with van der Waals surface area (Å²) in [4.78, 5) is 0. The average molecular weight is 205 g/mol. The lowest BCUT2D eigenvalue weighted by molar-refractivity contribution is 0.429. The van der Waals surface area contributed by atoms with Crippen LogP contribution < -0.4 is 5.32 Å². The monoisotopic (exact) mass is 205 g/mol. The van der Waals surface area contributed by atoms with E-state index in [1.165, 1.54) is 16.7 Å². The van der Waals surface area contributed by atoms with Gasteiger partial charge in [-0.15, -0.1) is 0 Å². The predicted octanol–water partition coefficient (Wildman–Crippen LogP) is 3.23. The molecule has 0 aliphatic heterocycles. The third-order valence-electron chi connectivity index (χ3n) is 2.67. The van der Waals surface area contributed by atoms with Crippen LogP contribution >= 0.6 is 0 Å². The summed E-state index contributed by atoms with van der Waals surface area (Å²) < 4.78 is 0. The lowest BCUT2D eigenvalue weighted by Crippen LogP contribution is -2.37. The molecule has 84 valence electrons. The Labute approximate surface area is 93.9 Å². The van der Waals surface area contributed by atoms with Gasteiger partial charge in [0.15, 0.2) is 0 Å². The average Bonchev–Trinajstić information content (AvgIpc) is 2.08. The zero-order valence-corrected chi connectivity index (χ0v) is 10.6. The van der Waals surface area contributed by atoms with Crippen molar-refractivity contribution >= 4 is 0 Å². The molecule has 0 bridgehead atoms. The van der Waals surface area contributed by atoms with Crippen molar-refractivity contribution in [2.75, 3.05) is 6.54 Å². The summed E-state index contributed by atoms with van der Waals surface area (Å²) in [6.07, 6.45) is 1.12. The van der Waals surface area contributed by atoms with Gasteiger partial charge in [-0.2, -0.15) is 0 Å². The largest absolute Gasteiger partial charge is 0.312 e. The standard InChI is InChI=1S/C14H23N/c1-11-7-6-8-12(2)13(11)9-10-15-14(3,4)5/h6-8,15H,9-10H2,1-5H3. The number of aryl methyl sites for hydroxylation is 2. The van der Waals surface area contributed by atoms with Crippen molar-refractivity contribution in [3.8, 4) is 0 Å². The molecule has 0 aromatic heterocycles. The summed E-state index contributed by atoms with van der Waals surface area (Å²) in [7, 11) is 0. The molecule has 1 heteroatoms. The van der Waals surface area contributed by atoms with Gasteiger partial charge in [0.1, 0.15) is 0 Å². The van der Waals surface area contributed by atoms with Crippen molar-refractivity contribution in [2.45, 2.75) is 46.6 Å². The minimum Gasteiger partial charge on any atom is -0.312 e. The molecule has 1 rings (SSSR count). The lowest BCUT2D eigenvalue weighted by atomic mass is 9.99. The smallest absolute Gasteiger partial charge is 0.00966 e. The van der Waals surface area contributed by atoms with Crippen LogP contribution in [-0.4, -0.2) is 12.1 Å². The van der Waals surface area contributed by atoms with Crippen LogP contribution in [0.3, 0.4) is 0 Å². The number of hydrogen-bond acceptors (Lipinski definition) is 1. The van der Waals surface area contributed by atoms with E-state index in [0.717, 1.165) is 13.0 Å². The Morgan fingerprint density at radius 1 is 1.07 bits per heavy atom. The van der Waals surface area contributed by atoms with Crippen LogP contribution in [-0.2, 0) is 6.42 Å². The molecule has 15 heavy (non-hydrogen) atoms. The summed E-state index contributed by atoms with van der Waals surface area (Å²) in [5, 5.41) is 3.52. The van der Waals surface area contributed by atoms with Crippen LogP contribution in [0.4, 0.5) is 0 Å². The fourth-order valence-corrected chi connectivity index (χ4v) is 1.81. The Hall–Kier alpha value is -0.820. The van der Waals surface area contributed by atoms with Gasteiger partial charge in [-0.25, -0.2) is 0 Å². The minimum absolute atomic E-state index is 0.219. The van der Waals surface area contributed by atoms with Crippen molar-refractivity contribution < 1.29 is 0 Å². The molecule has 0 amide bonds. The van der Waals surface area contributed by atoms with Gasteiger partial charge in [0, 0.05) is 5.54 Å². The molecule has 1 nitrogen and oxygen atoms in total. The van der Waals surface area contributed by atoms with Gasteiger partial charge in [0.25, 0.3) is 0 Å². The van der Waals surface area contributed by atoms with Crippen LogP contribution in [0.25, 0.3) is 0 Å². The molecule has 0 unspecified atom stereocenters. The van der Waals surface area contributed by atoms with Crippen LogP contribution in [0.1, 0.15) is 37.5 Å². The third kappa shape index (κ3) is 4.05. The quantitative estimate of drug-likeness (QED) is 0.799. The van der Waals surface area contributed by atoms with Crippen molar-refractivity contribution in [3.05, 3.63) is 34.9 Å². The Kier molecular flexibility index (Phi) is 3.92. The first-order valence-corrected chi connectivity index (χ1v) is 5.70. The molecule has 0 saturated carbocycles. The van der Waals surface area contributed by atoms with Crippen molar-refractivity contribution in [2.24, 2.45) is 0 Å². The van der Waals surface area contributed by atoms with E-state index in [1.807, 2.05) is 0 Å². The molecule has 1 aromatic rings. The van der Waals surface area contributed by atoms with E-state index >= 15 is 0 Å². The normalized spacial score (nSPS) is 11.8. The molecular formula is C14H23N. The Morgan fingerprint density at radius 2 is 1.60 bits per heavy atom. The van der Waals surface area contributed by atoms with Gasteiger partial charge >= 0.3 is 0 Å². The van der Waals surface area contributed by atoms with Gasteiger partial charge in [0.05, 0.1) is 0 Å². The maximum atomic E-state index is 3.52. The third-order valence-corrected chi connectivity index (χ3v) is 2.67. The van der Waals surface area contributed by atoms with Crippen molar-refractivity contribution in [3.63, 3.8) is 0 Å². The second-order valence-corrected chi connectivity index (χ2v) is 5.30. The van der Waals surface area contributed by atoms with Gasteiger partial charge in [-0.05, 0) is 64.3 Å². The number of nitrogens with one attached hydrogen (secondary N) is 1. The van der Waals surface area contributed by atoms with E-state index in [4.69, 9.17) is 0 Å². The first kappa shape index (κ1) is 12.3. The first-order valence-electron chi connectivity index (χ1n) is 5.70. The zero-order chi connectivity index (χ0) is 11.5. The molecule has 0 radical (unpaired) electrons. The summed E-state index contributed by atoms with van der Waals surface area (Å²) in [6, 6.07) is 6.52. The van der Waals surface area contributed by atoms with E-state index in [-0.39, 0.29) is 5.54 Å². The maximum absolute atomic E-state index is 3.52. The fraction of sp³-hybridized carbons (Fsp3) is 0.571. The number of hydrogen-bond donors (Lipinski definition) is 1. The topological polar surface area (TPSA) is 12.0 Å². The lowest BCUT2D eigenvalue weighted by Gasteiger charge is -2.21. The maximum Gasteiger partial charge on any atom is 0.00966 e. The van der Waals surface area contributed by atoms with Crippen molar-refractivity contribution in [1.82, 2.24) is 5.32 Å². The number of rotatable bonds is 3. The molecule has 0 aliphatic rings. The summed E-state index contributed by atoms with van der Waals surface area (Å²) in [5.41, 5.74) is 4.53. The molecule has 1 aromatic carbocycles. The van der Waals surface area contributed by atoms with Crippen LogP contribution in [0, 0.1) is 13.8 Å². The molecule has 0 heterocycles. The van der Waals surface area contributed by atoms with Crippen LogP contribution in [0.15, 0.2) is 18.2 Å². The van der Waals surface area contributed by atoms with E-state index in [1.54, 1.807) is 0 Å². The summed E-state index contributed by atoms with van der Waals surface area (Å²) in [6.45, 7) is 12.1. The van der Waals surface area contributed by atoms with Gasteiger partial charge in [0.2, 0.25) is 0 Å². The Balaban J connectivity index is 2.58. The second-order valence-electron chi connectivity index (χ2n) is 5.30. The SMILES string of the molecule is Cc1cccc(C)c1CCNC(C)(C)C. The van der Waals surface area contributed by atoms with Crippen molar-refractivity contribution in [1.29, 1.82) is 0 Å². The minimum atomic E-state index is 0.219. The van der Waals surface area contributed by atoms with Crippen LogP contribution in [0.2, 0.25) is 0 Å². The highest BCUT2D eigenvalue weighted by Crippen LogP contribution is 2.13. The van der Waals surface area contributed by atoms with E-state index in [9.17, 15) is 0 Å². The highest BCUT2D eigenvalue weighted by molar-refractivity contribution is 5.33. The van der Waals surface area contributed by atoms with E-state index < -0.39 is 0 Å². The Bertz CT molecular complexity index is 300. The molecular weight excluding hydrogens is 182 g/mol. The van der Waals surface area contributed by atoms with E-state index in [0.29, 0.717) is 0 Å². The number of benzene rings is 1. The Morgan fingerprint density at radius 3 is 2.07 bits per heavy atom. The molecule has 0 fully saturated rings. The fourth-order valence-electron chi connectivity index (χ4n) is 1.81. The van der Waals surface area contributed by atoms with Gasteiger partial charge in [-0.1, -0.05) is 18.2 Å². The highest BCUT2D eigenvalue weighted by atomic mass is 14.9.